The van der Waals surface area contributed by atoms with Crippen LogP contribution in [-0.4, -0.2) is 44.7 Å². The molecule has 7 nitrogen and oxygen atoms in total. The topological polar surface area (TPSA) is 90.2 Å². The molecule has 1 unspecified atom stereocenters. The van der Waals surface area contributed by atoms with E-state index >= 15 is 0 Å². The molecule has 22 heavy (non-hydrogen) atoms. The predicted molar refractivity (Wildman–Crippen MR) is 83.8 cm³/mol. The van der Waals surface area contributed by atoms with Gasteiger partial charge < -0.3 is 15.1 Å². The van der Waals surface area contributed by atoms with Crippen LogP contribution in [0, 0.1) is 6.92 Å². The number of aryl methyl sites for hydroxylation is 2. The summed E-state index contributed by atoms with van der Waals surface area (Å²) in [6, 6.07) is 0.107. The summed E-state index contributed by atoms with van der Waals surface area (Å²) in [5.74, 6) is 0.855. The number of nitrogens with zero attached hydrogens (tertiary/aromatic N) is 4. The van der Waals surface area contributed by atoms with Crippen LogP contribution in [0.15, 0.2) is 16.8 Å². The molecule has 0 spiro atoms. The van der Waals surface area contributed by atoms with E-state index in [9.17, 15) is 4.79 Å². The molecule has 1 fully saturated rings. The van der Waals surface area contributed by atoms with Gasteiger partial charge in [-0.25, -0.2) is 4.98 Å². The zero-order valence-electron chi connectivity index (χ0n) is 12.7. The van der Waals surface area contributed by atoms with Gasteiger partial charge in [0.1, 0.15) is 5.76 Å². The number of rotatable bonds is 3. The van der Waals surface area contributed by atoms with Gasteiger partial charge in [0.05, 0.1) is 11.8 Å². The highest BCUT2D eigenvalue weighted by Crippen LogP contribution is 2.24. The van der Waals surface area contributed by atoms with E-state index in [0.717, 1.165) is 24.9 Å². The maximum absolute atomic E-state index is 12.6. The molecule has 1 aliphatic heterocycles. The summed E-state index contributed by atoms with van der Waals surface area (Å²) in [6.45, 7) is 2.97. The molecule has 0 aliphatic carbocycles. The van der Waals surface area contributed by atoms with Gasteiger partial charge in [-0.3, -0.25) is 9.48 Å². The highest BCUT2D eigenvalue weighted by Gasteiger charge is 2.31. The number of hydrogen-bond acceptors (Lipinski definition) is 5. The second-order valence-corrected chi connectivity index (χ2v) is 5.36. The third-order valence-electron chi connectivity index (χ3n) is 3.86. The molecule has 8 heteroatoms. The van der Waals surface area contributed by atoms with Crippen LogP contribution in [0.3, 0.4) is 0 Å². The summed E-state index contributed by atoms with van der Waals surface area (Å²) in [5.41, 5.74) is 6.86. The van der Waals surface area contributed by atoms with Gasteiger partial charge in [-0.15, -0.1) is 12.4 Å². The predicted octanol–water partition coefficient (Wildman–Crippen LogP) is 1.37. The maximum Gasteiger partial charge on any atom is 0.276 e. The van der Waals surface area contributed by atoms with Crippen LogP contribution in [0.25, 0.3) is 11.5 Å². The van der Waals surface area contributed by atoms with Crippen molar-refractivity contribution < 1.29 is 9.21 Å². The Bertz CT molecular complexity index is 666. The van der Waals surface area contributed by atoms with Crippen molar-refractivity contribution in [2.45, 2.75) is 25.8 Å². The fourth-order valence-electron chi connectivity index (χ4n) is 2.73. The average molecular weight is 326 g/mol. The zero-order valence-corrected chi connectivity index (χ0v) is 13.5. The Morgan fingerprint density at radius 1 is 1.55 bits per heavy atom. The van der Waals surface area contributed by atoms with Crippen LogP contribution in [0.2, 0.25) is 0 Å². The molecule has 1 aliphatic rings. The summed E-state index contributed by atoms with van der Waals surface area (Å²) in [5, 5.41) is 4.08. The van der Waals surface area contributed by atoms with E-state index in [4.69, 9.17) is 10.2 Å². The highest BCUT2D eigenvalue weighted by molar-refractivity contribution is 5.94. The number of amides is 1. The first-order valence-electron chi connectivity index (χ1n) is 7.07. The number of oxazole rings is 1. The average Bonchev–Trinajstić information content (AvgIpc) is 3.16. The minimum absolute atomic E-state index is 0. The van der Waals surface area contributed by atoms with Gasteiger partial charge >= 0.3 is 0 Å². The molecular weight excluding hydrogens is 306 g/mol. The van der Waals surface area contributed by atoms with Gasteiger partial charge in [0, 0.05) is 32.4 Å². The van der Waals surface area contributed by atoms with E-state index < -0.39 is 0 Å². The Morgan fingerprint density at radius 2 is 2.32 bits per heavy atom. The largest absolute Gasteiger partial charge is 0.440 e. The van der Waals surface area contributed by atoms with Crippen molar-refractivity contribution in [1.82, 2.24) is 19.7 Å². The number of hydrogen-bond donors (Lipinski definition) is 1. The molecule has 0 saturated carbocycles. The quantitative estimate of drug-likeness (QED) is 0.920. The Hall–Kier alpha value is -1.86. The summed E-state index contributed by atoms with van der Waals surface area (Å²) >= 11 is 0. The molecule has 1 saturated heterocycles. The summed E-state index contributed by atoms with van der Waals surface area (Å²) in [6.07, 6.45) is 5.41. The van der Waals surface area contributed by atoms with Crippen LogP contribution in [0.5, 0.6) is 0 Å². The molecule has 0 radical (unpaired) electrons. The smallest absolute Gasteiger partial charge is 0.276 e. The SMILES string of the molecule is Cc1oc(-c2cnn(C)c2)nc1C(=O)N1CCCC1CN.Cl. The Kier molecular flexibility index (Phi) is 4.87. The molecular formula is C14H20ClN5O2. The van der Waals surface area contributed by atoms with Crippen molar-refractivity contribution in [3.63, 3.8) is 0 Å². The zero-order chi connectivity index (χ0) is 15.0. The Labute approximate surface area is 134 Å². The van der Waals surface area contributed by atoms with E-state index in [1.165, 1.54) is 0 Å². The first-order valence-corrected chi connectivity index (χ1v) is 7.07. The number of aromatic nitrogens is 3. The highest BCUT2D eigenvalue weighted by atomic mass is 35.5. The molecule has 0 aromatic carbocycles. The van der Waals surface area contributed by atoms with Crippen LogP contribution in [0.4, 0.5) is 0 Å². The monoisotopic (exact) mass is 325 g/mol. The molecule has 0 bridgehead atoms. The summed E-state index contributed by atoms with van der Waals surface area (Å²) in [4.78, 5) is 18.8. The minimum atomic E-state index is -0.0978. The molecule has 3 rings (SSSR count). The third kappa shape index (κ3) is 2.86. The van der Waals surface area contributed by atoms with E-state index in [2.05, 4.69) is 10.1 Å². The lowest BCUT2D eigenvalue weighted by Gasteiger charge is -2.22. The number of halogens is 1. The number of nitrogens with two attached hydrogens (primary N) is 1. The Balaban J connectivity index is 0.00000176. The van der Waals surface area contributed by atoms with Crippen LogP contribution >= 0.6 is 12.4 Å². The van der Waals surface area contributed by atoms with Crippen molar-refractivity contribution in [2.75, 3.05) is 13.1 Å². The van der Waals surface area contributed by atoms with Crippen LogP contribution in [-0.2, 0) is 7.05 Å². The molecule has 2 aromatic rings. The first-order chi connectivity index (χ1) is 10.1. The van der Waals surface area contributed by atoms with E-state index in [0.29, 0.717) is 23.9 Å². The normalized spacial score (nSPS) is 17.6. The summed E-state index contributed by atoms with van der Waals surface area (Å²) < 4.78 is 7.29. The van der Waals surface area contributed by atoms with E-state index in [-0.39, 0.29) is 24.4 Å². The van der Waals surface area contributed by atoms with Crippen molar-refractivity contribution in [3.8, 4) is 11.5 Å². The van der Waals surface area contributed by atoms with Gasteiger partial charge in [0.25, 0.3) is 5.91 Å². The van der Waals surface area contributed by atoms with Crippen molar-refractivity contribution >= 4 is 18.3 Å². The van der Waals surface area contributed by atoms with Gasteiger partial charge in [-0.05, 0) is 19.8 Å². The van der Waals surface area contributed by atoms with Crippen LogP contribution < -0.4 is 5.73 Å². The molecule has 2 aromatic heterocycles. The van der Waals surface area contributed by atoms with E-state index in [1.54, 1.807) is 28.9 Å². The molecule has 1 atom stereocenters. The molecule has 120 valence electrons. The number of carbonyl (C=O) groups excluding carboxylic acids is 1. The lowest BCUT2D eigenvalue weighted by Crippen LogP contribution is -2.40. The van der Waals surface area contributed by atoms with Crippen molar-refractivity contribution in [3.05, 3.63) is 23.8 Å². The van der Waals surface area contributed by atoms with E-state index in [1.807, 2.05) is 7.05 Å². The molecule has 3 heterocycles. The van der Waals surface area contributed by atoms with Gasteiger partial charge in [0.2, 0.25) is 5.89 Å². The fourth-order valence-corrected chi connectivity index (χ4v) is 2.73. The third-order valence-corrected chi connectivity index (χ3v) is 3.86. The maximum atomic E-state index is 12.6. The lowest BCUT2D eigenvalue weighted by molar-refractivity contribution is 0.0734. The van der Waals surface area contributed by atoms with Gasteiger partial charge in [0.15, 0.2) is 5.69 Å². The standard InChI is InChI=1S/C14H19N5O2.ClH/c1-9-12(14(20)19-5-3-4-11(19)6-15)17-13(21-9)10-7-16-18(2)8-10;/h7-8,11H,3-6,15H2,1-2H3;1H. The molecule has 2 N–H and O–H groups in total. The van der Waals surface area contributed by atoms with Gasteiger partial charge in [-0.2, -0.15) is 5.10 Å². The van der Waals surface area contributed by atoms with Crippen molar-refractivity contribution in [2.24, 2.45) is 12.8 Å². The summed E-state index contributed by atoms with van der Waals surface area (Å²) in [7, 11) is 1.82. The number of carbonyl (C=O) groups is 1. The first kappa shape index (κ1) is 16.5. The van der Waals surface area contributed by atoms with Crippen LogP contribution in [0.1, 0.15) is 29.1 Å². The van der Waals surface area contributed by atoms with Crippen molar-refractivity contribution in [1.29, 1.82) is 0 Å². The number of likely N-dealkylation sites (tertiary alicyclic amines) is 1. The lowest BCUT2D eigenvalue weighted by atomic mass is 10.2. The molecule has 1 amide bonds. The fraction of sp³-hybridized carbons (Fsp3) is 0.500. The second-order valence-electron chi connectivity index (χ2n) is 5.36. The van der Waals surface area contributed by atoms with Gasteiger partial charge in [-0.1, -0.05) is 0 Å². The second kappa shape index (κ2) is 6.50. The Morgan fingerprint density at radius 3 is 2.95 bits per heavy atom. The minimum Gasteiger partial charge on any atom is -0.440 e.